The van der Waals surface area contributed by atoms with Crippen molar-refractivity contribution in [3.63, 3.8) is 0 Å². The number of ketones is 1. The summed E-state index contributed by atoms with van der Waals surface area (Å²) in [5.74, 6) is 3.50. The summed E-state index contributed by atoms with van der Waals surface area (Å²) in [6.45, 7) is 3.09. The van der Waals surface area contributed by atoms with Crippen LogP contribution in [0.5, 0.6) is 0 Å². The highest BCUT2D eigenvalue weighted by molar-refractivity contribution is 9.10. The predicted octanol–water partition coefficient (Wildman–Crippen LogP) is 3.50. The van der Waals surface area contributed by atoms with Gasteiger partial charge in [-0.25, -0.2) is 0 Å². The van der Waals surface area contributed by atoms with Gasteiger partial charge in [0.2, 0.25) is 0 Å². The third-order valence-electron chi connectivity index (χ3n) is 3.14. The minimum Gasteiger partial charge on any atom is -0.359 e. The molecule has 18 heavy (non-hydrogen) atoms. The first-order valence-electron chi connectivity index (χ1n) is 6.10. The van der Waals surface area contributed by atoms with Crippen LogP contribution in [0.15, 0.2) is 22.7 Å². The summed E-state index contributed by atoms with van der Waals surface area (Å²) in [4.78, 5) is 13.8. The first-order valence-corrected chi connectivity index (χ1v) is 6.90. The highest BCUT2D eigenvalue weighted by atomic mass is 79.9. The Morgan fingerprint density at radius 1 is 1.56 bits per heavy atom. The molecule has 1 aromatic carbocycles. The van der Waals surface area contributed by atoms with E-state index in [4.69, 9.17) is 6.42 Å². The Bertz CT molecular complexity index is 500. The zero-order valence-corrected chi connectivity index (χ0v) is 12.0. The number of carbonyl (C=O) groups is 1. The minimum absolute atomic E-state index is 0.0790. The van der Waals surface area contributed by atoms with Crippen molar-refractivity contribution in [3.8, 4) is 12.3 Å². The first kappa shape index (κ1) is 13.2. The molecule has 1 saturated carbocycles. The Hall–Kier alpha value is -1.27. The molecule has 2 nitrogen and oxygen atoms in total. The van der Waals surface area contributed by atoms with Crippen LogP contribution in [-0.2, 0) is 0 Å². The molecule has 94 valence electrons. The first-order chi connectivity index (χ1) is 8.61. The van der Waals surface area contributed by atoms with E-state index in [9.17, 15) is 4.79 Å². The maximum absolute atomic E-state index is 11.7. The van der Waals surface area contributed by atoms with Crippen LogP contribution in [0.4, 0.5) is 5.69 Å². The fourth-order valence-electron chi connectivity index (χ4n) is 2.03. The molecular weight excluding hydrogens is 290 g/mol. The molecule has 1 aliphatic rings. The summed E-state index contributed by atoms with van der Waals surface area (Å²) >= 11 is 3.46. The van der Waals surface area contributed by atoms with Gasteiger partial charge in [-0.1, -0.05) is 21.9 Å². The molecular formula is C15H16BrNO. The number of rotatable bonds is 5. The topological polar surface area (TPSA) is 20.3 Å². The van der Waals surface area contributed by atoms with Crippen LogP contribution < -0.4 is 4.90 Å². The van der Waals surface area contributed by atoms with Gasteiger partial charge in [0.15, 0.2) is 5.78 Å². The van der Waals surface area contributed by atoms with Crippen LogP contribution in [0.25, 0.3) is 0 Å². The fourth-order valence-corrected chi connectivity index (χ4v) is 2.38. The van der Waals surface area contributed by atoms with E-state index < -0.39 is 0 Å². The molecule has 0 heterocycles. The molecule has 2 rings (SSSR count). The summed E-state index contributed by atoms with van der Waals surface area (Å²) < 4.78 is 0.973. The molecule has 1 aliphatic carbocycles. The van der Waals surface area contributed by atoms with Gasteiger partial charge in [0, 0.05) is 22.3 Å². The van der Waals surface area contributed by atoms with Gasteiger partial charge in [-0.15, -0.1) is 6.42 Å². The van der Waals surface area contributed by atoms with Gasteiger partial charge in [-0.05, 0) is 43.9 Å². The Labute approximate surface area is 116 Å². The molecule has 3 heteroatoms. The van der Waals surface area contributed by atoms with Gasteiger partial charge in [0.25, 0.3) is 0 Å². The Kier molecular flexibility index (Phi) is 4.08. The fraction of sp³-hybridized carbons (Fsp3) is 0.400. The average Bonchev–Trinajstić information content (AvgIpc) is 3.12. The lowest BCUT2D eigenvalue weighted by atomic mass is 10.1. The van der Waals surface area contributed by atoms with Gasteiger partial charge >= 0.3 is 0 Å². The van der Waals surface area contributed by atoms with Crippen LogP contribution in [0.3, 0.4) is 0 Å². The van der Waals surface area contributed by atoms with E-state index in [1.807, 2.05) is 18.2 Å². The summed E-state index contributed by atoms with van der Waals surface area (Å²) in [7, 11) is 0. The lowest BCUT2D eigenvalue weighted by Crippen LogP contribution is -2.27. The van der Waals surface area contributed by atoms with Crippen LogP contribution in [0.1, 0.15) is 30.1 Å². The summed E-state index contributed by atoms with van der Waals surface area (Å²) in [6.07, 6.45) is 7.98. The van der Waals surface area contributed by atoms with Crippen molar-refractivity contribution >= 4 is 27.4 Å². The molecule has 1 aromatic rings. The highest BCUT2D eigenvalue weighted by Crippen LogP contribution is 2.33. The lowest BCUT2D eigenvalue weighted by molar-refractivity contribution is 0.101. The molecule has 0 radical (unpaired) electrons. The number of anilines is 1. The van der Waals surface area contributed by atoms with Crippen LogP contribution >= 0.6 is 15.9 Å². The van der Waals surface area contributed by atoms with Gasteiger partial charge < -0.3 is 4.90 Å². The number of hydrogen-bond acceptors (Lipinski definition) is 2. The molecule has 0 aliphatic heterocycles. The smallest absolute Gasteiger partial charge is 0.161 e. The number of benzene rings is 1. The number of carbonyl (C=O) groups excluding carboxylic acids is 1. The monoisotopic (exact) mass is 305 g/mol. The third kappa shape index (κ3) is 3.14. The number of hydrogen-bond donors (Lipinski definition) is 0. The Balaban J connectivity index is 2.34. The molecule has 0 bridgehead atoms. The Morgan fingerprint density at radius 2 is 2.28 bits per heavy atom. The average molecular weight is 306 g/mol. The predicted molar refractivity (Wildman–Crippen MR) is 77.9 cm³/mol. The second-order valence-electron chi connectivity index (χ2n) is 4.75. The van der Waals surface area contributed by atoms with Crippen molar-refractivity contribution in [1.29, 1.82) is 0 Å². The summed E-state index contributed by atoms with van der Waals surface area (Å²) in [6, 6.07) is 5.74. The van der Waals surface area contributed by atoms with Crippen LogP contribution in [0.2, 0.25) is 0 Å². The number of halogens is 1. The van der Waals surface area contributed by atoms with Gasteiger partial charge in [0.1, 0.15) is 0 Å². The Morgan fingerprint density at radius 3 is 2.83 bits per heavy atom. The van der Waals surface area contributed by atoms with Gasteiger partial charge in [-0.2, -0.15) is 0 Å². The second-order valence-corrected chi connectivity index (χ2v) is 5.66. The molecule has 0 unspecified atom stereocenters. The molecule has 0 N–H and O–H groups in total. The van der Waals surface area contributed by atoms with Crippen LogP contribution in [-0.4, -0.2) is 18.9 Å². The normalized spacial score (nSPS) is 14.1. The molecule has 1 fully saturated rings. The van der Waals surface area contributed by atoms with E-state index in [1.54, 1.807) is 6.92 Å². The van der Waals surface area contributed by atoms with Gasteiger partial charge in [-0.3, -0.25) is 4.79 Å². The minimum atomic E-state index is 0.0790. The standard InChI is InChI=1S/C15H16BrNO/c1-3-8-17(10-12-4-5-12)15-9-13(16)6-7-14(15)11(2)18/h1,6-7,9,12H,4-5,8,10H2,2H3. The van der Waals surface area contributed by atoms with E-state index in [0.29, 0.717) is 6.54 Å². The van der Waals surface area contributed by atoms with E-state index >= 15 is 0 Å². The highest BCUT2D eigenvalue weighted by Gasteiger charge is 2.25. The van der Waals surface area contributed by atoms with Crippen molar-refractivity contribution in [1.82, 2.24) is 0 Å². The van der Waals surface area contributed by atoms with E-state index in [-0.39, 0.29) is 5.78 Å². The maximum atomic E-state index is 11.7. The number of Topliss-reactive ketones (excluding diaryl/α,β-unsaturated/α-hetero) is 1. The summed E-state index contributed by atoms with van der Waals surface area (Å²) in [5.41, 5.74) is 1.69. The SMILES string of the molecule is C#CCN(CC1CC1)c1cc(Br)ccc1C(C)=O. The van der Waals surface area contributed by atoms with E-state index in [2.05, 4.69) is 26.8 Å². The van der Waals surface area contributed by atoms with Crippen LogP contribution in [0, 0.1) is 18.3 Å². The lowest BCUT2D eigenvalue weighted by Gasteiger charge is -2.24. The van der Waals surface area contributed by atoms with Crippen molar-refractivity contribution in [2.24, 2.45) is 5.92 Å². The van der Waals surface area contributed by atoms with E-state index in [1.165, 1.54) is 12.8 Å². The third-order valence-corrected chi connectivity index (χ3v) is 3.63. The van der Waals surface area contributed by atoms with Crippen molar-refractivity contribution in [2.75, 3.05) is 18.0 Å². The number of terminal acetylenes is 1. The quantitative estimate of drug-likeness (QED) is 0.613. The zero-order chi connectivity index (χ0) is 13.1. The largest absolute Gasteiger partial charge is 0.359 e. The van der Waals surface area contributed by atoms with Crippen molar-refractivity contribution in [2.45, 2.75) is 19.8 Å². The van der Waals surface area contributed by atoms with Crippen molar-refractivity contribution < 1.29 is 4.79 Å². The zero-order valence-electron chi connectivity index (χ0n) is 10.4. The molecule has 0 amide bonds. The van der Waals surface area contributed by atoms with E-state index in [0.717, 1.165) is 28.2 Å². The second kappa shape index (κ2) is 5.58. The van der Waals surface area contributed by atoms with Gasteiger partial charge in [0.05, 0.1) is 6.54 Å². The molecule has 0 atom stereocenters. The number of nitrogens with zero attached hydrogens (tertiary/aromatic N) is 1. The molecule has 0 aromatic heterocycles. The summed E-state index contributed by atoms with van der Waals surface area (Å²) in [5, 5.41) is 0. The molecule has 0 spiro atoms. The maximum Gasteiger partial charge on any atom is 0.161 e. The van der Waals surface area contributed by atoms with Crippen molar-refractivity contribution in [3.05, 3.63) is 28.2 Å². The molecule has 0 saturated heterocycles.